The van der Waals surface area contributed by atoms with Crippen LogP contribution in [0, 0.1) is 0 Å². The number of carbonyl (C=O) groups is 2. The first-order chi connectivity index (χ1) is 8.52. The summed E-state index contributed by atoms with van der Waals surface area (Å²) in [4.78, 5) is 21.4. The summed E-state index contributed by atoms with van der Waals surface area (Å²) in [7, 11) is 0. The molecule has 0 radical (unpaired) electrons. The van der Waals surface area contributed by atoms with Crippen molar-refractivity contribution in [2.45, 2.75) is 39.0 Å². The minimum Gasteiger partial charge on any atom is -0.481 e. The van der Waals surface area contributed by atoms with Crippen LogP contribution in [0.4, 0.5) is 0 Å². The van der Waals surface area contributed by atoms with Gasteiger partial charge in [0.1, 0.15) is 0 Å². The zero-order chi connectivity index (χ0) is 13.5. The molecule has 1 aromatic rings. The van der Waals surface area contributed by atoms with Gasteiger partial charge < -0.3 is 10.2 Å². The summed E-state index contributed by atoms with van der Waals surface area (Å²) in [6.45, 7) is 2.07. The largest absolute Gasteiger partial charge is 0.481 e. The van der Waals surface area contributed by atoms with Crippen LogP contribution in [0.25, 0.3) is 0 Å². The first-order valence-electron chi connectivity index (χ1n) is 6.07. The third kappa shape index (κ3) is 4.57. The molecule has 1 aromatic carbocycles. The molecule has 2 N–H and O–H groups in total. The summed E-state index contributed by atoms with van der Waals surface area (Å²) in [6.07, 6.45) is 2.77. The topological polar surface area (TPSA) is 74.6 Å². The van der Waals surface area contributed by atoms with E-state index in [1.807, 2.05) is 6.07 Å². The number of benzene rings is 1. The molecule has 1 rings (SSSR count). The predicted molar refractivity (Wildman–Crippen MR) is 67.7 cm³/mol. The van der Waals surface area contributed by atoms with E-state index in [1.165, 1.54) is 0 Å². The number of hydrogen-bond donors (Lipinski definition) is 2. The highest BCUT2D eigenvalue weighted by Crippen LogP contribution is 2.16. The Bertz CT molecular complexity index is 437. The summed E-state index contributed by atoms with van der Waals surface area (Å²) in [5, 5.41) is 17.6. The van der Waals surface area contributed by atoms with Crippen molar-refractivity contribution in [3.05, 3.63) is 34.9 Å². The summed E-state index contributed by atoms with van der Waals surface area (Å²) in [6, 6.07) is 5.25. The van der Waals surface area contributed by atoms with Crippen molar-refractivity contribution in [1.82, 2.24) is 0 Å². The van der Waals surface area contributed by atoms with E-state index in [-0.39, 0.29) is 12.8 Å². The summed E-state index contributed by atoms with van der Waals surface area (Å²) in [5.41, 5.74) is 2.46. The third-order valence-corrected chi connectivity index (χ3v) is 2.77. The number of hydrogen-bond acceptors (Lipinski definition) is 2. The molecule has 0 atom stereocenters. The molecule has 0 heterocycles. The van der Waals surface area contributed by atoms with Gasteiger partial charge in [-0.2, -0.15) is 0 Å². The fraction of sp³-hybridized carbons (Fsp3) is 0.429. The molecule has 0 aromatic heterocycles. The van der Waals surface area contributed by atoms with Crippen LogP contribution in [0.5, 0.6) is 0 Å². The van der Waals surface area contributed by atoms with Gasteiger partial charge in [0, 0.05) is 0 Å². The summed E-state index contributed by atoms with van der Waals surface area (Å²) in [5.74, 6) is -1.74. The minimum absolute atomic E-state index is 0.00754. The maximum absolute atomic E-state index is 10.8. The Morgan fingerprint density at radius 2 is 1.72 bits per heavy atom. The van der Waals surface area contributed by atoms with Gasteiger partial charge in [0.25, 0.3) is 0 Å². The molecule has 0 spiro atoms. The molecule has 0 aliphatic rings. The molecule has 98 valence electrons. The van der Waals surface area contributed by atoms with E-state index in [9.17, 15) is 9.59 Å². The number of rotatable bonds is 7. The molecule has 0 fully saturated rings. The zero-order valence-electron chi connectivity index (χ0n) is 10.5. The molecule has 0 unspecified atom stereocenters. The molecular formula is C14H18O4. The summed E-state index contributed by atoms with van der Waals surface area (Å²) < 4.78 is 0. The molecule has 0 aliphatic carbocycles. The maximum Gasteiger partial charge on any atom is 0.307 e. The van der Waals surface area contributed by atoms with Gasteiger partial charge >= 0.3 is 11.9 Å². The predicted octanol–water partition coefficient (Wildman–Crippen LogP) is 2.28. The Morgan fingerprint density at radius 3 is 2.28 bits per heavy atom. The van der Waals surface area contributed by atoms with Crippen molar-refractivity contribution in [2.75, 3.05) is 0 Å². The molecule has 4 nitrogen and oxygen atoms in total. The van der Waals surface area contributed by atoms with Crippen LogP contribution in [-0.2, 0) is 28.9 Å². The second kappa shape index (κ2) is 6.79. The number of carboxylic acids is 2. The van der Waals surface area contributed by atoms with Crippen LogP contribution in [0.3, 0.4) is 0 Å². The van der Waals surface area contributed by atoms with E-state index < -0.39 is 11.9 Å². The standard InChI is InChI=1S/C14H18O4/c1-2-3-4-11-7-10(8-13(15)16)5-6-12(11)9-14(17)18/h5-7H,2-4,8-9H2,1H3,(H,15,16)(H,17,18). The minimum atomic E-state index is -0.873. The van der Waals surface area contributed by atoms with Crippen molar-refractivity contribution in [3.63, 3.8) is 0 Å². The van der Waals surface area contributed by atoms with Gasteiger partial charge in [0.15, 0.2) is 0 Å². The zero-order valence-corrected chi connectivity index (χ0v) is 10.5. The molecule has 4 heteroatoms. The quantitative estimate of drug-likeness (QED) is 0.778. The monoisotopic (exact) mass is 250 g/mol. The van der Waals surface area contributed by atoms with Gasteiger partial charge in [0.05, 0.1) is 12.8 Å². The smallest absolute Gasteiger partial charge is 0.307 e. The van der Waals surface area contributed by atoms with Gasteiger partial charge in [-0.3, -0.25) is 9.59 Å². The lowest BCUT2D eigenvalue weighted by molar-refractivity contribution is -0.137. The Balaban J connectivity index is 2.95. The average molecular weight is 250 g/mol. The lowest BCUT2D eigenvalue weighted by atomic mass is 9.96. The Morgan fingerprint density at radius 1 is 1.06 bits per heavy atom. The molecular weight excluding hydrogens is 232 g/mol. The molecule has 0 saturated carbocycles. The van der Waals surface area contributed by atoms with Gasteiger partial charge in [0.2, 0.25) is 0 Å². The first kappa shape index (κ1) is 14.2. The average Bonchev–Trinajstić information content (AvgIpc) is 2.27. The van der Waals surface area contributed by atoms with E-state index in [2.05, 4.69) is 6.92 Å². The Kier molecular flexibility index (Phi) is 5.36. The molecule has 18 heavy (non-hydrogen) atoms. The number of aliphatic carboxylic acids is 2. The van der Waals surface area contributed by atoms with Crippen LogP contribution in [0.1, 0.15) is 36.5 Å². The number of aryl methyl sites for hydroxylation is 1. The Labute approximate surface area is 106 Å². The van der Waals surface area contributed by atoms with E-state index in [1.54, 1.807) is 12.1 Å². The van der Waals surface area contributed by atoms with Gasteiger partial charge in [-0.25, -0.2) is 0 Å². The highest BCUT2D eigenvalue weighted by atomic mass is 16.4. The lowest BCUT2D eigenvalue weighted by Gasteiger charge is -2.09. The van der Waals surface area contributed by atoms with E-state index in [0.717, 1.165) is 36.0 Å². The molecule has 0 bridgehead atoms. The third-order valence-electron chi connectivity index (χ3n) is 2.77. The summed E-state index contributed by atoms with van der Waals surface area (Å²) >= 11 is 0. The van der Waals surface area contributed by atoms with Crippen LogP contribution >= 0.6 is 0 Å². The fourth-order valence-corrected chi connectivity index (χ4v) is 1.90. The normalized spacial score (nSPS) is 10.3. The van der Waals surface area contributed by atoms with E-state index >= 15 is 0 Å². The van der Waals surface area contributed by atoms with Gasteiger partial charge in [-0.1, -0.05) is 31.5 Å². The number of carboxylic acid groups (broad SMARTS) is 2. The highest BCUT2D eigenvalue weighted by Gasteiger charge is 2.09. The SMILES string of the molecule is CCCCc1cc(CC(=O)O)ccc1CC(=O)O. The lowest BCUT2D eigenvalue weighted by Crippen LogP contribution is -2.06. The Hall–Kier alpha value is -1.84. The van der Waals surface area contributed by atoms with Crippen molar-refractivity contribution in [1.29, 1.82) is 0 Å². The van der Waals surface area contributed by atoms with Crippen molar-refractivity contribution in [3.8, 4) is 0 Å². The number of unbranched alkanes of at least 4 members (excludes halogenated alkanes) is 1. The molecule has 0 saturated heterocycles. The van der Waals surface area contributed by atoms with Gasteiger partial charge in [-0.15, -0.1) is 0 Å². The van der Waals surface area contributed by atoms with E-state index in [0.29, 0.717) is 0 Å². The van der Waals surface area contributed by atoms with Crippen LogP contribution in [0.2, 0.25) is 0 Å². The van der Waals surface area contributed by atoms with Crippen molar-refractivity contribution in [2.24, 2.45) is 0 Å². The van der Waals surface area contributed by atoms with Crippen LogP contribution < -0.4 is 0 Å². The molecule has 0 aliphatic heterocycles. The highest BCUT2D eigenvalue weighted by molar-refractivity contribution is 5.72. The van der Waals surface area contributed by atoms with Crippen molar-refractivity contribution < 1.29 is 19.8 Å². The van der Waals surface area contributed by atoms with Crippen molar-refractivity contribution >= 4 is 11.9 Å². The van der Waals surface area contributed by atoms with Crippen LogP contribution in [0.15, 0.2) is 18.2 Å². The van der Waals surface area contributed by atoms with Crippen LogP contribution in [-0.4, -0.2) is 22.2 Å². The first-order valence-corrected chi connectivity index (χ1v) is 6.07. The maximum atomic E-state index is 10.8. The van der Waals surface area contributed by atoms with E-state index in [4.69, 9.17) is 10.2 Å². The second-order valence-electron chi connectivity index (χ2n) is 4.35. The van der Waals surface area contributed by atoms with Gasteiger partial charge in [-0.05, 0) is 29.5 Å². The molecule has 0 amide bonds. The second-order valence-corrected chi connectivity index (χ2v) is 4.35. The fourth-order valence-electron chi connectivity index (χ4n) is 1.90.